The van der Waals surface area contributed by atoms with E-state index in [1.54, 1.807) is 10.8 Å². The SMILES string of the molecule is O=P(O)(O)COCC1O[C@@H](n2ccc3c(N4CC5CC5C4)nc(Cl)nc32)[C@H](O)[C@@H]1O. The molecule has 0 aromatic carbocycles. The molecule has 4 heterocycles. The van der Waals surface area contributed by atoms with Crippen molar-refractivity contribution in [3.63, 3.8) is 0 Å². The predicted molar refractivity (Wildman–Crippen MR) is 105 cm³/mol. The van der Waals surface area contributed by atoms with E-state index in [2.05, 4.69) is 14.9 Å². The maximum absolute atomic E-state index is 10.9. The largest absolute Gasteiger partial charge is 0.387 e. The summed E-state index contributed by atoms with van der Waals surface area (Å²) >= 11 is 6.18. The number of aliphatic hydroxyl groups excluding tert-OH is 2. The van der Waals surface area contributed by atoms with Gasteiger partial charge in [-0.05, 0) is 35.9 Å². The third-order valence-corrected chi connectivity index (χ3v) is 6.64. The molecule has 2 saturated heterocycles. The van der Waals surface area contributed by atoms with E-state index in [1.165, 1.54) is 6.42 Å². The van der Waals surface area contributed by atoms with Crippen molar-refractivity contribution in [3.8, 4) is 0 Å². The van der Waals surface area contributed by atoms with Crippen LogP contribution in [0.3, 0.4) is 0 Å². The van der Waals surface area contributed by atoms with E-state index >= 15 is 0 Å². The smallest absolute Gasteiger partial charge is 0.350 e. The van der Waals surface area contributed by atoms with Crippen molar-refractivity contribution < 1.29 is 34.0 Å². The van der Waals surface area contributed by atoms with Crippen LogP contribution in [-0.4, -0.2) is 78.9 Å². The number of anilines is 1. The monoisotopic (exact) mass is 460 g/mol. The van der Waals surface area contributed by atoms with Crippen molar-refractivity contribution in [2.24, 2.45) is 11.8 Å². The Labute approximate surface area is 176 Å². The second-order valence-electron chi connectivity index (χ2n) is 8.15. The number of nitrogens with zero attached hydrogens (tertiary/aromatic N) is 4. The van der Waals surface area contributed by atoms with Gasteiger partial charge in [-0.2, -0.15) is 9.97 Å². The number of hydrogen-bond acceptors (Lipinski definition) is 8. The van der Waals surface area contributed by atoms with Crippen LogP contribution in [0.15, 0.2) is 12.3 Å². The molecule has 4 N–H and O–H groups in total. The Morgan fingerprint density at radius 1 is 1.23 bits per heavy atom. The van der Waals surface area contributed by atoms with Gasteiger partial charge in [0.15, 0.2) is 6.23 Å². The van der Waals surface area contributed by atoms with E-state index in [4.69, 9.17) is 30.9 Å². The Kier molecular flexibility index (Phi) is 5.07. The van der Waals surface area contributed by atoms with Gasteiger partial charge in [0.2, 0.25) is 5.28 Å². The summed E-state index contributed by atoms with van der Waals surface area (Å²) in [7, 11) is -4.34. The van der Waals surface area contributed by atoms with E-state index in [9.17, 15) is 14.8 Å². The third kappa shape index (κ3) is 3.74. The first kappa shape index (κ1) is 20.6. The Bertz CT molecular complexity index is 1010. The molecule has 2 aliphatic heterocycles. The second-order valence-corrected chi connectivity index (χ2v) is 10.1. The molecule has 0 radical (unpaired) electrons. The van der Waals surface area contributed by atoms with Gasteiger partial charge in [0, 0.05) is 19.3 Å². The topological polar surface area (TPSA) is 150 Å². The van der Waals surface area contributed by atoms with Crippen LogP contribution in [0.25, 0.3) is 11.0 Å². The Morgan fingerprint density at radius 2 is 1.97 bits per heavy atom. The number of ether oxygens (including phenoxy) is 2. The molecule has 30 heavy (non-hydrogen) atoms. The van der Waals surface area contributed by atoms with Crippen molar-refractivity contribution in [1.29, 1.82) is 0 Å². The highest BCUT2D eigenvalue weighted by Gasteiger charge is 2.47. The normalized spacial score (nSPS) is 33.4. The average Bonchev–Trinajstić information content (AvgIpc) is 2.99. The number of rotatable bonds is 6. The zero-order chi connectivity index (χ0) is 21.2. The van der Waals surface area contributed by atoms with Crippen molar-refractivity contribution in [2.75, 3.05) is 30.9 Å². The van der Waals surface area contributed by atoms with Gasteiger partial charge in [0.1, 0.15) is 36.1 Å². The van der Waals surface area contributed by atoms with E-state index in [0.29, 0.717) is 17.5 Å². The van der Waals surface area contributed by atoms with Gasteiger partial charge in [-0.15, -0.1) is 0 Å². The fraction of sp³-hybridized carbons (Fsp3) is 0.647. The van der Waals surface area contributed by atoms with Gasteiger partial charge >= 0.3 is 7.60 Å². The summed E-state index contributed by atoms with van der Waals surface area (Å²) < 4.78 is 23.2. The molecule has 0 bridgehead atoms. The number of halogens is 1. The van der Waals surface area contributed by atoms with Gasteiger partial charge in [0.05, 0.1) is 12.0 Å². The summed E-state index contributed by atoms with van der Waals surface area (Å²) in [6, 6.07) is 1.82. The highest BCUT2D eigenvalue weighted by Crippen LogP contribution is 2.47. The molecule has 13 heteroatoms. The summed E-state index contributed by atoms with van der Waals surface area (Å²) in [5, 5.41) is 21.7. The number of aliphatic hydroxyl groups is 2. The van der Waals surface area contributed by atoms with Crippen LogP contribution >= 0.6 is 19.2 Å². The molecular weight excluding hydrogens is 439 g/mol. The molecule has 164 valence electrons. The molecule has 3 fully saturated rings. The second kappa shape index (κ2) is 7.39. The molecule has 11 nitrogen and oxygen atoms in total. The molecular formula is C17H22ClN4O7P. The summed E-state index contributed by atoms with van der Waals surface area (Å²) in [6.45, 7) is 1.58. The zero-order valence-electron chi connectivity index (χ0n) is 15.8. The van der Waals surface area contributed by atoms with Gasteiger partial charge in [-0.1, -0.05) is 0 Å². The lowest BCUT2D eigenvalue weighted by Crippen LogP contribution is -2.33. The lowest BCUT2D eigenvalue weighted by Gasteiger charge is -2.21. The zero-order valence-corrected chi connectivity index (χ0v) is 17.4. The van der Waals surface area contributed by atoms with E-state index in [-0.39, 0.29) is 11.9 Å². The highest BCUT2D eigenvalue weighted by atomic mass is 35.5. The Morgan fingerprint density at radius 3 is 2.67 bits per heavy atom. The number of fused-ring (bicyclic) bond motifs is 2. The Hall–Kier alpha value is -1.30. The van der Waals surface area contributed by atoms with Gasteiger partial charge < -0.3 is 38.9 Å². The van der Waals surface area contributed by atoms with Gasteiger partial charge in [-0.3, -0.25) is 4.57 Å². The highest BCUT2D eigenvalue weighted by molar-refractivity contribution is 7.51. The summed E-state index contributed by atoms with van der Waals surface area (Å²) in [6.07, 6.45) is -2.37. The minimum Gasteiger partial charge on any atom is -0.387 e. The molecule has 2 aromatic rings. The van der Waals surface area contributed by atoms with Crippen LogP contribution in [-0.2, 0) is 14.0 Å². The molecule has 0 amide bonds. The number of hydrogen-bond donors (Lipinski definition) is 4. The molecule has 3 unspecified atom stereocenters. The minimum absolute atomic E-state index is 0.0765. The number of aromatic nitrogens is 3. The summed E-state index contributed by atoms with van der Waals surface area (Å²) in [4.78, 5) is 28.7. The standard InChI is InChI=1S/C17H22ClN4O7P/c18-17-19-14(21-4-8-3-9(8)5-21)10-1-2-22(15(10)20-17)16-13(24)12(23)11(29-16)6-28-7-30(25,26)27/h1-2,8-9,11-13,16,23-24H,3-7H2,(H2,25,26,27)/t8?,9?,11?,12-,13-,16-/m1/s1. The molecule has 3 aliphatic rings. The lowest BCUT2D eigenvalue weighted by molar-refractivity contribution is -0.0610. The van der Waals surface area contributed by atoms with Crippen LogP contribution in [0, 0.1) is 11.8 Å². The summed E-state index contributed by atoms with van der Waals surface area (Å²) in [5.74, 6) is 2.16. The van der Waals surface area contributed by atoms with Gasteiger partial charge in [-0.25, -0.2) is 0 Å². The maximum atomic E-state index is 10.9. The van der Waals surface area contributed by atoms with Crippen LogP contribution in [0.1, 0.15) is 12.6 Å². The molecule has 1 saturated carbocycles. The molecule has 5 rings (SSSR count). The fourth-order valence-electron chi connectivity index (χ4n) is 4.39. The Balaban J connectivity index is 1.39. The molecule has 6 atom stereocenters. The average molecular weight is 461 g/mol. The van der Waals surface area contributed by atoms with Crippen LogP contribution < -0.4 is 4.90 Å². The lowest BCUT2D eigenvalue weighted by atomic mass is 10.1. The van der Waals surface area contributed by atoms with E-state index < -0.39 is 38.5 Å². The molecule has 0 spiro atoms. The number of piperidine rings is 1. The first-order valence-electron chi connectivity index (χ1n) is 9.64. The van der Waals surface area contributed by atoms with Crippen molar-refractivity contribution in [2.45, 2.75) is 31.0 Å². The maximum Gasteiger partial charge on any atom is 0.350 e. The third-order valence-electron chi connectivity index (χ3n) is 5.96. The molecule has 2 aromatic heterocycles. The van der Waals surface area contributed by atoms with Gasteiger partial charge in [0.25, 0.3) is 0 Å². The van der Waals surface area contributed by atoms with Crippen molar-refractivity contribution in [3.05, 3.63) is 17.5 Å². The first-order valence-corrected chi connectivity index (χ1v) is 11.8. The van der Waals surface area contributed by atoms with Crippen molar-refractivity contribution >= 4 is 36.0 Å². The summed E-state index contributed by atoms with van der Waals surface area (Å²) in [5.41, 5.74) is 0.471. The van der Waals surface area contributed by atoms with E-state index in [1.807, 2.05) is 6.07 Å². The first-order chi connectivity index (χ1) is 14.2. The van der Waals surface area contributed by atoms with Crippen LogP contribution in [0.4, 0.5) is 5.82 Å². The quantitative estimate of drug-likeness (QED) is 0.350. The fourth-order valence-corrected chi connectivity index (χ4v) is 4.90. The minimum atomic E-state index is -4.34. The predicted octanol–water partition coefficient (Wildman–Crippen LogP) is 0.312. The van der Waals surface area contributed by atoms with Crippen LogP contribution in [0.2, 0.25) is 5.28 Å². The van der Waals surface area contributed by atoms with Crippen LogP contribution in [0.5, 0.6) is 0 Å². The van der Waals surface area contributed by atoms with Crippen molar-refractivity contribution in [1.82, 2.24) is 14.5 Å². The molecule has 1 aliphatic carbocycles. The van der Waals surface area contributed by atoms with E-state index in [0.717, 1.165) is 24.3 Å².